The molecule has 2 aromatic heterocycles. The number of nitrogens with zero attached hydrogens (tertiary/aromatic N) is 4. The van der Waals surface area contributed by atoms with E-state index >= 15 is 0 Å². The van der Waals surface area contributed by atoms with Crippen molar-refractivity contribution in [3.63, 3.8) is 0 Å². The van der Waals surface area contributed by atoms with Crippen LogP contribution in [0.4, 0.5) is 5.82 Å². The van der Waals surface area contributed by atoms with Crippen molar-refractivity contribution >= 4 is 28.7 Å². The Balaban J connectivity index is 2.44. The molecule has 0 saturated carbocycles. The second-order valence-corrected chi connectivity index (χ2v) is 5.05. The predicted molar refractivity (Wildman–Crippen MR) is 76.7 cm³/mol. The Hall–Kier alpha value is -1.46. The van der Waals surface area contributed by atoms with Crippen molar-refractivity contribution in [2.45, 2.75) is 23.6 Å². The number of thioether (sulfide) groups is 1. The van der Waals surface area contributed by atoms with Gasteiger partial charge in [-0.3, -0.25) is 4.57 Å². The number of rotatable bonds is 6. The predicted octanol–water partition coefficient (Wildman–Crippen LogP) is -1.01. The molecule has 0 aliphatic heterocycles. The highest BCUT2D eigenvalue weighted by molar-refractivity contribution is 7.98. The molecular weight excluding hydrogens is 298 g/mol. The van der Waals surface area contributed by atoms with Crippen LogP contribution in [0.2, 0.25) is 0 Å². The van der Waals surface area contributed by atoms with E-state index in [9.17, 15) is 10.2 Å². The van der Waals surface area contributed by atoms with Crippen molar-refractivity contribution in [3.8, 4) is 0 Å². The van der Waals surface area contributed by atoms with E-state index in [0.29, 0.717) is 16.3 Å². The molecule has 9 nitrogen and oxygen atoms in total. The normalized spacial score (nSPS) is 16.0. The minimum absolute atomic E-state index is 0.190. The summed E-state index contributed by atoms with van der Waals surface area (Å²) in [6.07, 6.45) is -0.587. The molecule has 0 saturated heterocycles. The van der Waals surface area contributed by atoms with Gasteiger partial charge in [-0.25, -0.2) is 15.0 Å². The highest BCUT2D eigenvalue weighted by Gasteiger charge is 2.29. The van der Waals surface area contributed by atoms with Crippen LogP contribution in [0.25, 0.3) is 11.2 Å². The van der Waals surface area contributed by atoms with E-state index in [1.54, 1.807) is 6.26 Å². The van der Waals surface area contributed by atoms with E-state index in [2.05, 4.69) is 15.0 Å². The number of fused-ring (bicyclic) bond motifs is 1. The third-order valence-electron chi connectivity index (χ3n) is 3.06. The molecule has 0 fully saturated rings. The van der Waals surface area contributed by atoms with E-state index in [-0.39, 0.29) is 5.82 Å². The van der Waals surface area contributed by atoms with Gasteiger partial charge in [-0.15, -0.1) is 0 Å². The molecule has 2 aromatic rings. The highest BCUT2D eigenvalue weighted by atomic mass is 32.2. The first-order valence-corrected chi connectivity index (χ1v) is 7.29. The van der Waals surface area contributed by atoms with E-state index in [4.69, 9.17) is 15.6 Å². The molecule has 116 valence electrons. The van der Waals surface area contributed by atoms with E-state index < -0.39 is 25.0 Å². The number of methoxy groups -OCH3 is 1. The van der Waals surface area contributed by atoms with Gasteiger partial charge in [-0.1, -0.05) is 11.8 Å². The quantitative estimate of drug-likeness (QED) is 0.390. The van der Waals surface area contributed by atoms with Crippen molar-refractivity contribution in [3.05, 3.63) is 6.33 Å². The fraction of sp³-hybridized carbons (Fsp3) is 0.545. The molecule has 0 aliphatic carbocycles. The summed E-state index contributed by atoms with van der Waals surface area (Å²) in [5.41, 5.74) is 6.41. The fourth-order valence-electron chi connectivity index (χ4n) is 1.88. The number of aliphatic hydroxyl groups is 3. The smallest absolute Gasteiger partial charge is 0.191 e. The first kappa shape index (κ1) is 15.9. The van der Waals surface area contributed by atoms with E-state index in [0.717, 1.165) is 0 Å². The van der Waals surface area contributed by atoms with Crippen LogP contribution in [0.5, 0.6) is 0 Å². The van der Waals surface area contributed by atoms with E-state index in [1.165, 1.54) is 29.8 Å². The largest absolute Gasteiger partial charge is 0.394 e. The molecule has 21 heavy (non-hydrogen) atoms. The number of hydrogen-bond acceptors (Lipinski definition) is 9. The average Bonchev–Trinajstić information content (AvgIpc) is 2.91. The second kappa shape index (κ2) is 6.54. The second-order valence-electron chi connectivity index (χ2n) is 4.28. The number of aromatic nitrogens is 4. The van der Waals surface area contributed by atoms with Gasteiger partial charge < -0.3 is 25.8 Å². The first-order chi connectivity index (χ1) is 10.0. The first-order valence-electron chi connectivity index (χ1n) is 6.07. The summed E-state index contributed by atoms with van der Waals surface area (Å²) in [7, 11) is 1.33. The van der Waals surface area contributed by atoms with Crippen molar-refractivity contribution < 1.29 is 20.1 Å². The Morgan fingerprint density at radius 2 is 2.14 bits per heavy atom. The van der Waals surface area contributed by atoms with Gasteiger partial charge in [0.05, 0.1) is 12.9 Å². The molecule has 5 N–H and O–H groups in total. The fourth-order valence-corrected chi connectivity index (χ4v) is 2.25. The Morgan fingerprint density at radius 3 is 2.71 bits per heavy atom. The van der Waals surface area contributed by atoms with Crippen molar-refractivity contribution in [1.29, 1.82) is 0 Å². The van der Waals surface area contributed by atoms with Gasteiger partial charge in [0, 0.05) is 7.11 Å². The molecule has 0 radical (unpaired) electrons. The maximum Gasteiger partial charge on any atom is 0.191 e. The maximum absolute atomic E-state index is 10.2. The summed E-state index contributed by atoms with van der Waals surface area (Å²) < 4.78 is 6.17. The van der Waals surface area contributed by atoms with Gasteiger partial charge in [-0.2, -0.15) is 0 Å². The molecule has 0 spiro atoms. The SMILES string of the molecule is CO[C@H](CO)[C@@H](O)[C@@H](O)n1cnc2c(N)nc(SC)nc21. The number of nitrogens with two attached hydrogens (primary N) is 1. The summed E-state index contributed by atoms with van der Waals surface area (Å²) in [5, 5.41) is 29.8. The number of imidazole rings is 1. The minimum Gasteiger partial charge on any atom is -0.394 e. The molecule has 10 heteroatoms. The van der Waals surface area contributed by atoms with Gasteiger partial charge in [0.2, 0.25) is 0 Å². The Labute approximate surface area is 124 Å². The van der Waals surface area contributed by atoms with Crippen LogP contribution in [-0.2, 0) is 4.74 Å². The van der Waals surface area contributed by atoms with Crippen LogP contribution < -0.4 is 5.73 Å². The summed E-state index contributed by atoms with van der Waals surface area (Å²) >= 11 is 1.29. The van der Waals surface area contributed by atoms with Crippen LogP contribution in [-0.4, -0.2) is 67.0 Å². The van der Waals surface area contributed by atoms with Gasteiger partial charge in [0.15, 0.2) is 22.8 Å². The molecule has 2 heterocycles. The third-order valence-corrected chi connectivity index (χ3v) is 3.61. The Morgan fingerprint density at radius 1 is 1.43 bits per heavy atom. The van der Waals surface area contributed by atoms with Crippen LogP contribution in [0, 0.1) is 0 Å². The topological polar surface area (TPSA) is 140 Å². The number of ether oxygens (including phenoxy) is 1. The third kappa shape index (κ3) is 2.94. The lowest BCUT2D eigenvalue weighted by atomic mass is 10.2. The highest BCUT2D eigenvalue weighted by Crippen LogP contribution is 2.24. The summed E-state index contributed by atoms with van der Waals surface area (Å²) in [6.45, 7) is -0.436. The van der Waals surface area contributed by atoms with E-state index in [1.807, 2.05) is 0 Å². The Bertz CT molecular complexity index is 618. The molecule has 3 atom stereocenters. The maximum atomic E-state index is 10.2. The van der Waals surface area contributed by atoms with Crippen LogP contribution >= 0.6 is 11.8 Å². The summed E-state index contributed by atoms with van der Waals surface area (Å²) in [4.78, 5) is 12.3. The lowest BCUT2D eigenvalue weighted by molar-refractivity contribution is -0.116. The molecule has 0 amide bonds. The van der Waals surface area contributed by atoms with Crippen LogP contribution in [0.3, 0.4) is 0 Å². The Kier molecular flexibility index (Phi) is 4.96. The molecule has 0 bridgehead atoms. The number of aliphatic hydroxyl groups excluding tert-OH is 3. The molecule has 0 aromatic carbocycles. The molecule has 0 aliphatic rings. The van der Waals surface area contributed by atoms with Crippen LogP contribution in [0.15, 0.2) is 11.5 Å². The monoisotopic (exact) mass is 315 g/mol. The number of nitrogen functional groups attached to an aromatic ring is 1. The van der Waals surface area contributed by atoms with Gasteiger partial charge in [-0.05, 0) is 6.26 Å². The molecule has 2 rings (SSSR count). The standard InChI is InChI=1S/C11H17N5O4S/c1-20-5(3-17)7(18)10(19)16-4-13-6-8(12)14-11(21-2)15-9(6)16/h4-5,7,10,17-19H,3H2,1-2H3,(H2,12,14,15)/t5-,7-,10-/m1/s1. The van der Waals surface area contributed by atoms with Crippen molar-refractivity contribution in [1.82, 2.24) is 19.5 Å². The zero-order chi connectivity index (χ0) is 15.6. The lowest BCUT2D eigenvalue weighted by Gasteiger charge is -2.25. The number of anilines is 1. The average molecular weight is 315 g/mol. The van der Waals surface area contributed by atoms with Crippen molar-refractivity contribution in [2.75, 3.05) is 25.7 Å². The molecular formula is C11H17N5O4S. The van der Waals surface area contributed by atoms with Gasteiger partial charge in [0.1, 0.15) is 17.7 Å². The summed E-state index contributed by atoms with van der Waals surface area (Å²) in [5.74, 6) is 0.190. The number of hydrogen-bond donors (Lipinski definition) is 4. The van der Waals surface area contributed by atoms with Gasteiger partial charge in [0.25, 0.3) is 0 Å². The van der Waals surface area contributed by atoms with Crippen molar-refractivity contribution in [2.24, 2.45) is 0 Å². The molecule has 0 unspecified atom stereocenters. The summed E-state index contributed by atoms with van der Waals surface area (Å²) in [6, 6.07) is 0. The van der Waals surface area contributed by atoms with Crippen LogP contribution in [0.1, 0.15) is 6.23 Å². The zero-order valence-electron chi connectivity index (χ0n) is 11.5. The zero-order valence-corrected chi connectivity index (χ0v) is 12.4. The van der Waals surface area contributed by atoms with Gasteiger partial charge >= 0.3 is 0 Å². The minimum atomic E-state index is -1.39. The lowest BCUT2D eigenvalue weighted by Crippen LogP contribution is -2.38.